The minimum Gasteiger partial charge on any atom is -0.157 e. The van der Waals surface area contributed by atoms with E-state index in [4.69, 9.17) is 0 Å². The van der Waals surface area contributed by atoms with E-state index < -0.39 is 0 Å². The van der Waals surface area contributed by atoms with Crippen molar-refractivity contribution < 1.29 is 0 Å². The molecule has 0 N–H and O–H groups in total. The van der Waals surface area contributed by atoms with Crippen LogP contribution in [0.3, 0.4) is 0 Å². The Bertz CT molecular complexity index is 647. The summed E-state index contributed by atoms with van der Waals surface area (Å²) in [7, 11) is 0. The quantitative estimate of drug-likeness (QED) is 0.661. The van der Waals surface area contributed by atoms with Crippen LogP contribution in [0.15, 0.2) is 65.8 Å². The van der Waals surface area contributed by atoms with Crippen molar-refractivity contribution in [1.82, 2.24) is 10.2 Å². The first-order chi connectivity index (χ1) is 8.93. The Balaban J connectivity index is 1.87. The van der Waals surface area contributed by atoms with E-state index in [9.17, 15) is 0 Å². The zero-order valence-corrected chi connectivity index (χ0v) is 10.6. The third-order valence-electron chi connectivity index (χ3n) is 2.75. The molecular formula is C15H12N2S. The largest absolute Gasteiger partial charge is 0.157 e. The second kappa shape index (κ2) is 5.19. The standard InChI is InChI=1S/C15H12N2S/c1-2-6-12(7-3-1)11-18-15-14-9-5-4-8-13(14)10-16-17-15/h1-10H,11H2. The summed E-state index contributed by atoms with van der Waals surface area (Å²) in [6.45, 7) is 0. The third kappa shape index (κ3) is 2.36. The van der Waals surface area contributed by atoms with Gasteiger partial charge in [0.15, 0.2) is 0 Å². The predicted octanol–water partition coefficient (Wildman–Crippen LogP) is 3.92. The molecule has 0 bridgehead atoms. The van der Waals surface area contributed by atoms with E-state index in [1.54, 1.807) is 11.8 Å². The topological polar surface area (TPSA) is 25.8 Å². The normalized spacial score (nSPS) is 10.7. The molecule has 0 unspecified atom stereocenters. The molecule has 0 spiro atoms. The molecule has 0 fully saturated rings. The molecule has 1 aromatic heterocycles. The van der Waals surface area contributed by atoms with Gasteiger partial charge in [0.1, 0.15) is 5.03 Å². The molecule has 1 heterocycles. The van der Waals surface area contributed by atoms with Gasteiger partial charge in [0, 0.05) is 16.5 Å². The Morgan fingerprint density at radius 3 is 2.56 bits per heavy atom. The van der Waals surface area contributed by atoms with Gasteiger partial charge in [0.2, 0.25) is 0 Å². The van der Waals surface area contributed by atoms with Gasteiger partial charge < -0.3 is 0 Å². The Morgan fingerprint density at radius 1 is 0.889 bits per heavy atom. The van der Waals surface area contributed by atoms with Crippen molar-refractivity contribution in [2.75, 3.05) is 0 Å². The molecule has 3 aromatic rings. The van der Waals surface area contributed by atoms with Gasteiger partial charge in [-0.15, -0.1) is 5.10 Å². The lowest BCUT2D eigenvalue weighted by Crippen LogP contribution is -1.88. The van der Waals surface area contributed by atoms with Gasteiger partial charge in [-0.3, -0.25) is 0 Å². The summed E-state index contributed by atoms with van der Waals surface area (Å²) in [6, 6.07) is 18.6. The molecule has 0 aliphatic heterocycles. The summed E-state index contributed by atoms with van der Waals surface area (Å²) in [5, 5.41) is 11.6. The maximum atomic E-state index is 4.23. The number of nitrogens with zero attached hydrogens (tertiary/aromatic N) is 2. The Morgan fingerprint density at radius 2 is 1.67 bits per heavy atom. The summed E-state index contributed by atoms with van der Waals surface area (Å²) in [5.74, 6) is 0.920. The average molecular weight is 252 g/mol. The number of thioether (sulfide) groups is 1. The van der Waals surface area contributed by atoms with Gasteiger partial charge in [0.25, 0.3) is 0 Å². The zero-order chi connectivity index (χ0) is 12.2. The van der Waals surface area contributed by atoms with Crippen LogP contribution in [-0.2, 0) is 5.75 Å². The van der Waals surface area contributed by atoms with Crippen LogP contribution in [0.4, 0.5) is 0 Å². The number of rotatable bonds is 3. The molecule has 0 saturated carbocycles. The lowest BCUT2D eigenvalue weighted by Gasteiger charge is -2.04. The van der Waals surface area contributed by atoms with E-state index in [0.29, 0.717) is 0 Å². The van der Waals surface area contributed by atoms with E-state index in [-0.39, 0.29) is 0 Å². The van der Waals surface area contributed by atoms with Gasteiger partial charge in [-0.25, -0.2) is 0 Å². The van der Waals surface area contributed by atoms with Crippen LogP contribution >= 0.6 is 11.8 Å². The highest BCUT2D eigenvalue weighted by atomic mass is 32.2. The highest BCUT2D eigenvalue weighted by Crippen LogP contribution is 2.27. The van der Waals surface area contributed by atoms with Crippen molar-refractivity contribution >= 4 is 22.5 Å². The number of aromatic nitrogens is 2. The molecule has 2 aromatic carbocycles. The monoisotopic (exact) mass is 252 g/mol. The molecular weight excluding hydrogens is 240 g/mol. The fraction of sp³-hybridized carbons (Fsp3) is 0.0667. The molecule has 2 nitrogen and oxygen atoms in total. The van der Waals surface area contributed by atoms with Gasteiger partial charge >= 0.3 is 0 Å². The van der Waals surface area contributed by atoms with Crippen LogP contribution in [0.1, 0.15) is 5.56 Å². The molecule has 3 heteroatoms. The van der Waals surface area contributed by atoms with Crippen LogP contribution in [0.25, 0.3) is 10.8 Å². The first kappa shape index (κ1) is 11.2. The van der Waals surface area contributed by atoms with Gasteiger partial charge in [-0.05, 0) is 5.56 Å². The van der Waals surface area contributed by atoms with Crippen molar-refractivity contribution in [2.24, 2.45) is 0 Å². The number of benzene rings is 2. The lowest BCUT2D eigenvalue weighted by atomic mass is 10.2. The Kier molecular flexibility index (Phi) is 3.24. The SMILES string of the molecule is c1ccc(CSc2nncc3ccccc23)cc1. The van der Waals surface area contributed by atoms with Gasteiger partial charge in [0.05, 0.1) is 6.20 Å². The van der Waals surface area contributed by atoms with Crippen molar-refractivity contribution in [3.05, 3.63) is 66.4 Å². The fourth-order valence-corrected chi connectivity index (χ4v) is 2.78. The maximum Gasteiger partial charge on any atom is 0.127 e. The van der Waals surface area contributed by atoms with Crippen LogP contribution in [-0.4, -0.2) is 10.2 Å². The lowest BCUT2D eigenvalue weighted by molar-refractivity contribution is 0.955. The first-order valence-electron chi connectivity index (χ1n) is 5.80. The number of hydrogen-bond donors (Lipinski definition) is 0. The van der Waals surface area contributed by atoms with E-state index in [1.165, 1.54) is 10.9 Å². The van der Waals surface area contributed by atoms with Crippen molar-refractivity contribution in [3.63, 3.8) is 0 Å². The van der Waals surface area contributed by atoms with Crippen molar-refractivity contribution in [1.29, 1.82) is 0 Å². The Hall–Kier alpha value is -1.87. The first-order valence-corrected chi connectivity index (χ1v) is 6.79. The molecule has 0 aliphatic rings. The van der Waals surface area contributed by atoms with Crippen LogP contribution in [0.2, 0.25) is 0 Å². The van der Waals surface area contributed by atoms with Crippen molar-refractivity contribution in [3.8, 4) is 0 Å². The molecule has 18 heavy (non-hydrogen) atoms. The molecule has 0 saturated heterocycles. The van der Waals surface area contributed by atoms with E-state index >= 15 is 0 Å². The second-order valence-electron chi connectivity index (χ2n) is 4.01. The van der Waals surface area contributed by atoms with Gasteiger partial charge in [-0.2, -0.15) is 5.10 Å². The summed E-state index contributed by atoms with van der Waals surface area (Å²) in [5.41, 5.74) is 1.30. The van der Waals surface area contributed by atoms with E-state index in [1.807, 2.05) is 24.4 Å². The smallest absolute Gasteiger partial charge is 0.127 e. The van der Waals surface area contributed by atoms with E-state index in [0.717, 1.165) is 16.2 Å². The molecule has 3 rings (SSSR count). The molecule has 88 valence electrons. The average Bonchev–Trinajstić information content (AvgIpc) is 2.46. The minimum absolute atomic E-state index is 0.920. The molecule has 0 amide bonds. The summed E-state index contributed by atoms with van der Waals surface area (Å²) >= 11 is 1.73. The van der Waals surface area contributed by atoms with Crippen LogP contribution < -0.4 is 0 Å². The van der Waals surface area contributed by atoms with Crippen LogP contribution in [0, 0.1) is 0 Å². The highest BCUT2D eigenvalue weighted by Gasteiger charge is 2.03. The van der Waals surface area contributed by atoms with Crippen LogP contribution in [0.5, 0.6) is 0 Å². The van der Waals surface area contributed by atoms with Crippen molar-refractivity contribution in [2.45, 2.75) is 10.8 Å². The molecule has 0 radical (unpaired) electrons. The summed E-state index contributed by atoms with van der Waals surface area (Å²) < 4.78 is 0. The highest BCUT2D eigenvalue weighted by molar-refractivity contribution is 7.98. The Labute approximate surface area is 110 Å². The molecule has 0 aliphatic carbocycles. The van der Waals surface area contributed by atoms with Gasteiger partial charge in [-0.1, -0.05) is 66.4 Å². The number of fused-ring (bicyclic) bond motifs is 1. The zero-order valence-electron chi connectivity index (χ0n) is 9.78. The third-order valence-corrected chi connectivity index (χ3v) is 3.81. The number of hydrogen-bond acceptors (Lipinski definition) is 3. The molecule has 0 atom stereocenters. The van der Waals surface area contributed by atoms with E-state index in [2.05, 4.69) is 46.6 Å². The summed E-state index contributed by atoms with van der Waals surface area (Å²) in [4.78, 5) is 0. The fourth-order valence-electron chi connectivity index (χ4n) is 1.83. The second-order valence-corrected chi connectivity index (χ2v) is 4.98. The summed E-state index contributed by atoms with van der Waals surface area (Å²) in [6.07, 6.45) is 1.81. The maximum absolute atomic E-state index is 4.23. The predicted molar refractivity (Wildman–Crippen MR) is 75.5 cm³/mol. The minimum atomic E-state index is 0.920.